The molecule has 5 nitrogen and oxygen atoms in total. The van der Waals surface area contributed by atoms with E-state index in [0.717, 1.165) is 44.5 Å². The van der Waals surface area contributed by atoms with Crippen LogP contribution >= 0.6 is 27.5 Å². The SMILES string of the molecule is CCc1ccc2c(c1)[C@@]1(Oc3ccc(Cl)cc3[C@H]3CC(c4ccc(Br)cc4)=NN31)C(=O)N2. The number of fused-ring (bicyclic) bond motifs is 6. The summed E-state index contributed by atoms with van der Waals surface area (Å²) in [5.74, 6) is 0.431. The number of hydrogen-bond acceptors (Lipinski definition) is 4. The monoisotopic (exact) mass is 507 g/mol. The van der Waals surface area contributed by atoms with Crippen LogP contribution in [0.15, 0.2) is 70.2 Å². The molecule has 1 spiro atoms. The molecule has 0 unspecified atom stereocenters. The topological polar surface area (TPSA) is 53.9 Å². The Bertz CT molecular complexity index is 1310. The molecule has 7 heteroatoms. The number of ether oxygens (including phenoxy) is 1. The molecule has 32 heavy (non-hydrogen) atoms. The van der Waals surface area contributed by atoms with Crippen LogP contribution in [0.1, 0.15) is 41.6 Å². The van der Waals surface area contributed by atoms with Crippen molar-refractivity contribution in [2.45, 2.75) is 31.5 Å². The fourth-order valence-electron chi connectivity index (χ4n) is 4.80. The molecule has 0 saturated heterocycles. The largest absolute Gasteiger partial charge is 0.453 e. The number of carbonyl (C=O) groups excluding carboxylic acids is 1. The predicted molar refractivity (Wildman–Crippen MR) is 128 cm³/mol. The Morgan fingerprint density at radius 2 is 2.00 bits per heavy atom. The minimum Gasteiger partial charge on any atom is -0.453 e. The lowest BCUT2D eigenvalue weighted by Gasteiger charge is -2.44. The summed E-state index contributed by atoms with van der Waals surface area (Å²) < 4.78 is 7.54. The number of anilines is 1. The normalized spacial score (nSPS) is 22.7. The summed E-state index contributed by atoms with van der Waals surface area (Å²) in [6.45, 7) is 2.10. The highest BCUT2D eigenvalue weighted by Crippen LogP contribution is 2.54. The maximum Gasteiger partial charge on any atom is 0.306 e. The molecule has 1 N–H and O–H groups in total. The second-order valence-electron chi connectivity index (χ2n) is 8.23. The summed E-state index contributed by atoms with van der Waals surface area (Å²) in [4.78, 5) is 13.5. The first-order valence-corrected chi connectivity index (χ1v) is 11.7. The molecule has 3 heterocycles. The minimum atomic E-state index is -1.36. The number of halogens is 2. The van der Waals surface area contributed by atoms with E-state index in [2.05, 4.69) is 34.2 Å². The van der Waals surface area contributed by atoms with E-state index in [0.29, 0.717) is 17.2 Å². The number of nitrogens with zero attached hydrogens (tertiary/aromatic N) is 2. The summed E-state index contributed by atoms with van der Waals surface area (Å²) in [6, 6.07) is 19.5. The van der Waals surface area contributed by atoms with Crippen LogP contribution in [0, 0.1) is 0 Å². The quantitative estimate of drug-likeness (QED) is 0.461. The third kappa shape index (κ3) is 2.76. The Morgan fingerprint density at radius 1 is 1.19 bits per heavy atom. The Hall–Kier alpha value is -2.83. The summed E-state index contributed by atoms with van der Waals surface area (Å²) in [5.41, 5.74) is 4.20. The van der Waals surface area contributed by atoms with Gasteiger partial charge in [-0.05, 0) is 60.0 Å². The van der Waals surface area contributed by atoms with Crippen molar-refractivity contribution in [2.24, 2.45) is 5.10 Å². The fraction of sp³-hybridized carbons (Fsp3) is 0.200. The molecule has 0 fully saturated rings. The maximum atomic E-state index is 13.5. The molecule has 3 aliphatic rings. The van der Waals surface area contributed by atoms with Gasteiger partial charge in [0.05, 0.1) is 23.0 Å². The van der Waals surface area contributed by atoms with Crippen LogP contribution in [0.4, 0.5) is 5.69 Å². The van der Waals surface area contributed by atoms with Gasteiger partial charge in [0.2, 0.25) is 0 Å². The third-order valence-electron chi connectivity index (χ3n) is 6.41. The standard InChI is InChI=1S/C25H19BrClN3O2/c1-2-14-3-9-20-19(11-14)25(24(31)28-20)30-22(18-12-17(27)8-10-23(18)32-25)13-21(29-30)15-4-6-16(26)7-5-15/h3-12,22H,2,13H2,1H3,(H,28,31)/t22-,25-/m1/s1. The Balaban J connectivity index is 1.57. The lowest BCUT2D eigenvalue weighted by Crippen LogP contribution is -2.55. The van der Waals surface area contributed by atoms with Crippen LogP contribution in [0.5, 0.6) is 5.75 Å². The fourth-order valence-corrected chi connectivity index (χ4v) is 5.24. The van der Waals surface area contributed by atoms with Gasteiger partial charge in [0.15, 0.2) is 0 Å². The highest BCUT2D eigenvalue weighted by Gasteiger charge is 2.61. The van der Waals surface area contributed by atoms with Gasteiger partial charge in [-0.15, -0.1) is 0 Å². The number of nitrogens with one attached hydrogen (secondary N) is 1. The summed E-state index contributed by atoms with van der Waals surface area (Å²) >= 11 is 9.84. The van der Waals surface area contributed by atoms with Crippen LogP contribution in [0.3, 0.4) is 0 Å². The average Bonchev–Trinajstić information content (AvgIpc) is 3.36. The van der Waals surface area contributed by atoms with E-state index < -0.39 is 5.72 Å². The average molecular weight is 509 g/mol. The van der Waals surface area contributed by atoms with Gasteiger partial charge in [-0.1, -0.05) is 52.7 Å². The van der Waals surface area contributed by atoms with Gasteiger partial charge in [-0.25, -0.2) is 5.01 Å². The summed E-state index contributed by atoms with van der Waals surface area (Å²) in [7, 11) is 0. The number of rotatable bonds is 2. The van der Waals surface area contributed by atoms with Gasteiger partial charge in [0.1, 0.15) is 5.75 Å². The van der Waals surface area contributed by atoms with Crippen LogP contribution < -0.4 is 10.1 Å². The maximum absolute atomic E-state index is 13.5. The van der Waals surface area contributed by atoms with Gasteiger partial charge in [0.25, 0.3) is 5.91 Å². The van der Waals surface area contributed by atoms with Crippen molar-refractivity contribution in [3.05, 3.63) is 92.4 Å². The number of hydrogen-bond donors (Lipinski definition) is 1. The zero-order valence-electron chi connectivity index (χ0n) is 17.2. The van der Waals surface area contributed by atoms with Crippen molar-refractivity contribution < 1.29 is 9.53 Å². The van der Waals surface area contributed by atoms with Crippen LogP contribution in [-0.2, 0) is 16.9 Å². The zero-order chi connectivity index (χ0) is 22.0. The number of aryl methyl sites for hydroxylation is 1. The summed E-state index contributed by atoms with van der Waals surface area (Å²) in [5, 5.41) is 10.5. The molecule has 0 saturated carbocycles. The van der Waals surface area contributed by atoms with Crippen molar-refractivity contribution >= 4 is 44.8 Å². The van der Waals surface area contributed by atoms with E-state index in [-0.39, 0.29) is 11.9 Å². The molecule has 0 bridgehead atoms. The van der Waals surface area contributed by atoms with E-state index in [1.165, 1.54) is 0 Å². The van der Waals surface area contributed by atoms with Crippen molar-refractivity contribution in [3.8, 4) is 5.75 Å². The Morgan fingerprint density at radius 3 is 2.78 bits per heavy atom. The number of benzene rings is 3. The molecular weight excluding hydrogens is 490 g/mol. The van der Waals surface area contributed by atoms with Crippen LogP contribution in [0.25, 0.3) is 0 Å². The molecule has 2 atom stereocenters. The first-order valence-electron chi connectivity index (χ1n) is 10.6. The summed E-state index contributed by atoms with van der Waals surface area (Å²) in [6.07, 6.45) is 1.51. The second-order valence-corrected chi connectivity index (χ2v) is 9.59. The third-order valence-corrected chi connectivity index (χ3v) is 7.18. The van der Waals surface area contributed by atoms with E-state index in [4.69, 9.17) is 21.4 Å². The van der Waals surface area contributed by atoms with Crippen LogP contribution in [0.2, 0.25) is 5.02 Å². The lowest BCUT2D eigenvalue weighted by atomic mass is 9.91. The van der Waals surface area contributed by atoms with Crippen LogP contribution in [-0.4, -0.2) is 16.6 Å². The van der Waals surface area contributed by atoms with Crippen molar-refractivity contribution in [2.75, 3.05) is 5.32 Å². The lowest BCUT2D eigenvalue weighted by molar-refractivity contribution is -0.161. The minimum absolute atomic E-state index is 0.168. The highest BCUT2D eigenvalue weighted by atomic mass is 79.9. The highest BCUT2D eigenvalue weighted by molar-refractivity contribution is 9.10. The molecule has 3 aromatic carbocycles. The van der Waals surface area contributed by atoms with E-state index >= 15 is 0 Å². The van der Waals surface area contributed by atoms with Gasteiger partial charge in [-0.3, -0.25) is 4.79 Å². The Kier molecular flexibility index (Phi) is 4.39. The molecule has 6 rings (SSSR count). The van der Waals surface area contributed by atoms with E-state index in [1.54, 1.807) is 6.07 Å². The molecule has 160 valence electrons. The van der Waals surface area contributed by atoms with Crippen molar-refractivity contribution in [1.82, 2.24) is 5.01 Å². The zero-order valence-corrected chi connectivity index (χ0v) is 19.6. The molecular formula is C25H19BrClN3O2. The van der Waals surface area contributed by atoms with Gasteiger partial charge < -0.3 is 10.1 Å². The molecule has 1 amide bonds. The Labute approximate surface area is 199 Å². The second kappa shape index (κ2) is 7.09. The van der Waals surface area contributed by atoms with Crippen molar-refractivity contribution in [3.63, 3.8) is 0 Å². The van der Waals surface area contributed by atoms with Gasteiger partial charge >= 0.3 is 5.72 Å². The van der Waals surface area contributed by atoms with E-state index in [9.17, 15) is 4.79 Å². The van der Waals surface area contributed by atoms with E-state index in [1.807, 2.05) is 53.5 Å². The first-order chi connectivity index (χ1) is 15.5. The number of carbonyl (C=O) groups is 1. The molecule has 0 aromatic heterocycles. The molecule has 0 aliphatic carbocycles. The number of hydrazone groups is 1. The predicted octanol–water partition coefficient (Wildman–Crippen LogP) is 6.01. The smallest absolute Gasteiger partial charge is 0.306 e. The number of amides is 1. The molecule has 3 aliphatic heterocycles. The van der Waals surface area contributed by atoms with Crippen molar-refractivity contribution in [1.29, 1.82) is 0 Å². The first kappa shape index (κ1) is 19.8. The van der Waals surface area contributed by atoms with Gasteiger partial charge in [-0.2, -0.15) is 5.10 Å². The molecule has 3 aromatic rings. The van der Waals surface area contributed by atoms with Gasteiger partial charge in [0, 0.05) is 21.5 Å². The molecule has 0 radical (unpaired) electrons.